The topological polar surface area (TPSA) is 59.0 Å². The van der Waals surface area contributed by atoms with Gasteiger partial charge >= 0.3 is 0 Å². The van der Waals surface area contributed by atoms with Gasteiger partial charge in [0.25, 0.3) is 10.0 Å². The molecular weight excluding hydrogens is 416 g/mol. The highest BCUT2D eigenvalue weighted by atomic mass is 32.2. The lowest BCUT2D eigenvalue weighted by molar-refractivity contribution is 0.235. The maximum absolute atomic E-state index is 13.2. The van der Waals surface area contributed by atoms with Crippen molar-refractivity contribution in [2.45, 2.75) is 82.2 Å². The van der Waals surface area contributed by atoms with Crippen molar-refractivity contribution in [1.82, 2.24) is 4.90 Å². The van der Waals surface area contributed by atoms with Gasteiger partial charge in [-0.25, -0.2) is 0 Å². The van der Waals surface area contributed by atoms with Gasteiger partial charge in [0, 0.05) is 18.5 Å². The van der Waals surface area contributed by atoms with Crippen molar-refractivity contribution >= 4 is 27.6 Å². The van der Waals surface area contributed by atoms with Crippen LogP contribution in [-0.4, -0.2) is 49.9 Å². The molecule has 0 unspecified atom stereocenters. The lowest BCUT2D eigenvalue weighted by atomic mass is 9.86. The van der Waals surface area contributed by atoms with Gasteiger partial charge in [-0.1, -0.05) is 32.1 Å². The van der Waals surface area contributed by atoms with E-state index in [0.29, 0.717) is 17.7 Å². The van der Waals surface area contributed by atoms with Crippen molar-refractivity contribution in [2.24, 2.45) is 10.3 Å². The zero-order valence-electron chi connectivity index (χ0n) is 18.5. The van der Waals surface area contributed by atoms with Gasteiger partial charge in [0.2, 0.25) is 0 Å². The van der Waals surface area contributed by atoms with Crippen molar-refractivity contribution in [1.29, 1.82) is 0 Å². The molecule has 5 nitrogen and oxygen atoms in total. The van der Waals surface area contributed by atoms with Crippen LogP contribution in [0.4, 0.5) is 0 Å². The number of benzene rings is 1. The number of rotatable bonds is 7. The number of thioether (sulfide) groups is 1. The summed E-state index contributed by atoms with van der Waals surface area (Å²) in [5.74, 6) is 4.21. The predicted octanol–water partition coefficient (Wildman–Crippen LogP) is 5.36. The smallest absolute Gasteiger partial charge is 0.283 e. The first-order valence-corrected chi connectivity index (χ1v) is 13.8. The third-order valence-electron chi connectivity index (χ3n) is 6.22. The van der Waals surface area contributed by atoms with Crippen LogP contribution < -0.4 is 4.74 Å². The van der Waals surface area contributed by atoms with E-state index >= 15 is 0 Å². The van der Waals surface area contributed by atoms with Gasteiger partial charge in [0.15, 0.2) is 0 Å². The van der Waals surface area contributed by atoms with Crippen LogP contribution in [0.25, 0.3) is 0 Å². The van der Waals surface area contributed by atoms with Crippen molar-refractivity contribution in [3.05, 3.63) is 24.3 Å². The molecule has 1 saturated heterocycles. The average Bonchev–Trinajstić information content (AvgIpc) is 2.75. The van der Waals surface area contributed by atoms with Crippen LogP contribution in [0.15, 0.2) is 33.6 Å². The van der Waals surface area contributed by atoms with Crippen molar-refractivity contribution < 1.29 is 13.2 Å². The highest BCUT2D eigenvalue weighted by Gasteiger charge is 2.30. The van der Waals surface area contributed by atoms with Gasteiger partial charge in [-0.3, -0.25) is 0 Å². The maximum Gasteiger partial charge on any atom is 0.283 e. The molecule has 1 saturated carbocycles. The number of amidine groups is 1. The molecule has 2 fully saturated rings. The average molecular weight is 453 g/mol. The first kappa shape index (κ1) is 23.5. The van der Waals surface area contributed by atoms with Crippen LogP contribution in [0.1, 0.15) is 65.2 Å². The molecule has 7 heteroatoms. The summed E-state index contributed by atoms with van der Waals surface area (Å²) in [6, 6.07) is 7.15. The van der Waals surface area contributed by atoms with Gasteiger partial charge in [0.05, 0.1) is 12.0 Å². The zero-order chi connectivity index (χ0) is 21.6. The Balaban J connectivity index is 1.95. The molecule has 0 bridgehead atoms. The molecule has 2 aliphatic rings. The standard InChI is InChI=1S/C23H36N2O3S2/c1-18(2)25(20-13-15-29-16-14-20)23(17-19-7-5-4-6-8-19)24-30(26,27)22-11-9-21(28-3)10-12-22/h9-12,18-20H,4-8,13-17H2,1-3H3/b24-23+. The Morgan fingerprint density at radius 2 is 1.73 bits per heavy atom. The number of hydrogen-bond acceptors (Lipinski definition) is 4. The summed E-state index contributed by atoms with van der Waals surface area (Å²) in [5, 5.41) is 0. The van der Waals surface area contributed by atoms with Gasteiger partial charge in [-0.15, -0.1) is 4.40 Å². The zero-order valence-corrected chi connectivity index (χ0v) is 20.2. The van der Waals surface area contributed by atoms with Crippen LogP contribution in [0.3, 0.4) is 0 Å². The fraction of sp³-hybridized carbons (Fsp3) is 0.696. The summed E-state index contributed by atoms with van der Waals surface area (Å²) in [6.45, 7) is 4.33. The molecule has 0 radical (unpaired) electrons. The molecule has 3 rings (SSSR count). The molecule has 0 N–H and O–H groups in total. The minimum absolute atomic E-state index is 0.228. The Kier molecular flexibility index (Phi) is 8.52. The molecule has 1 aromatic carbocycles. The second-order valence-corrected chi connectivity index (χ2v) is 11.5. The van der Waals surface area contributed by atoms with Crippen LogP contribution >= 0.6 is 11.8 Å². The van der Waals surface area contributed by atoms with Gasteiger partial charge < -0.3 is 9.64 Å². The molecule has 1 aliphatic heterocycles. The first-order valence-electron chi connectivity index (χ1n) is 11.2. The van der Waals surface area contributed by atoms with Gasteiger partial charge in [0.1, 0.15) is 11.6 Å². The highest BCUT2D eigenvalue weighted by molar-refractivity contribution is 7.99. The summed E-state index contributed by atoms with van der Waals surface area (Å²) in [7, 11) is -2.19. The van der Waals surface area contributed by atoms with E-state index in [4.69, 9.17) is 4.74 Å². The van der Waals surface area contributed by atoms with Crippen LogP contribution in [0.2, 0.25) is 0 Å². The SMILES string of the molecule is COc1ccc(S(=O)(=O)/N=C(\CC2CCCCC2)N(C(C)C)C2CCSCC2)cc1. The van der Waals surface area contributed by atoms with Crippen LogP contribution in [-0.2, 0) is 10.0 Å². The normalized spacial score (nSPS) is 19.8. The molecular formula is C23H36N2O3S2. The van der Waals surface area contributed by atoms with Crippen molar-refractivity contribution in [3.63, 3.8) is 0 Å². The number of sulfonamides is 1. The second-order valence-electron chi connectivity index (χ2n) is 8.71. The molecule has 30 heavy (non-hydrogen) atoms. The minimum Gasteiger partial charge on any atom is -0.497 e. The van der Waals surface area contributed by atoms with Crippen LogP contribution in [0, 0.1) is 5.92 Å². The van der Waals surface area contributed by atoms with Crippen molar-refractivity contribution in [2.75, 3.05) is 18.6 Å². The van der Waals surface area contributed by atoms with E-state index in [9.17, 15) is 8.42 Å². The molecule has 0 atom stereocenters. The summed E-state index contributed by atoms with van der Waals surface area (Å²) in [5.41, 5.74) is 0. The monoisotopic (exact) mass is 452 g/mol. The molecule has 168 valence electrons. The predicted molar refractivity (Wildman–Crippen MR) is 126 cm³/mol. The van der Waals surface area contributed by atoms with E-state index in [1.54, 1.807) is 31.4 Å². The summed E-state index contributed by atoms with van der Waals surface area (Å²) < 4.78 is 36.1. The van der Waals surface area contributed by atoms with E-state index in [-0.39, 0.29) is 10.9 Å². The lowest BCUT2D eigenvalue weighted by Crippen LogP contribution is -2.47. The number of hydrogen-bond donors (Lipinski definition) is 0. The number of nitrogens with zero attached hydrogens (tertiary/aromatic N) is 2. The molecule has 0 spiro atoms. The highest BCUT2D eigenvalue weighted by Crippen LogP contribution is 2.31. The Morgan fingerprint density at radius 1 is 1.10 bits per heavy atom. The Bertz CT molecular complexity index is 794. The van der Waals surface area contributed by atoms with E-state index in [2.05, 4.69) is 23.1 Å². The molecule has 1 aromatic rings. The summed E-state index contributed by atoms with van der Waals surface area (Å²) in [4.78, 5) is 2.56. The Morgan fingerprint density at radius 3 is 2.30 bits per heavy atom. The molecule has 1 aliphatic carbocycles. The van der Waals surface area contributed by atoms with E-state index in [1.165, 1.54) is 32.1 Å². The van der Waals surface area contributed by atoms with Gasteiger partial charge in [-0.2, -0.15) is 20.2 Å². The Labute approximate surface area is 186 Å². The number of ether oxygens (including phenoxy) is 1. The minimum atomic E-state index is -3.77. The first-order chi connectivity index (χ1) is 14.4. The van der Waals surface area contributed by atoms with Crippen molar-refractivity contribution in [3.8, 4) is 5.75 Å². The molecule has 0 aromatic heterocycles. The maximum atomic E-state index is 13.2. The largest absolute Gasteiger partial charge is 0.497 e. The quantitative estimate of drug-likeness (QED) is 0.412. The molecule has 0 amide bonds. The summed E-state index contributed by atoms with van der Waals surface area (Å²) >= 11 is 1.99. The third-order valence-corrected chi connectivity index (χ3v) is 8.59. The Hall–Kier alpha value is -1.21. The fourth-order valence-electron chi connectivity index (χ4n) is 4.67. The van der Waals surface area contributed by atoms with Gasteiger partial charge in [-0.05, 0) is 68.4 Å². The van der Waals surface area contributed by atoms with Crippen LogP contribution in [0.5, 0.6) is 5.75 Å². The van der Waals surface area contributed by atoms with E-state index in [1.807, 2.05) is 11.8 Å². The van der Waals surface area contributed by atoms with E-state index in [0.717, 1.165) is 36.6 Å². The second kappa shape index (κ2) is 10.9. The fourth-order valence-corrected chi connectivity index (χ4v) is 6.79. The number of methoxy groups -OCH3 is 1. The lowest BCUT2D eigenvalue weighted by Gasteiger charge is -2.40. The van der Waals surface area contributed by atoms with E-state index < -0.39 is 10.0 Å². The molecule has 1 heterocycles. The summed E-state index contributed by atoms with van der Waals surface area (Å²) in [6.07, 6.45) is 9.07. The third kappa shape index (κ3) is 6.16.